The minimum absolute atomic E-state index is 0.440. The molecule has 0 saturated heterocycles. The molecule has 4 nitrogen and oxygen atoms in total. The number of nitrogens with two attached hydrogens (primary N) is 1. The molecule has 5 heteroatoms. The predicted molar refractivity (Wildman–Crippen MR) is 82.3 cm³/mol. The third-order valence-corrected chi connectivity index (χ3v) is 4.57. The Balaban J connectivity index is 1.87. The van der Waals surface area contributed by atoms with Crippen molar-refractivity contribution in [3.8, 4) is 11.5 Å². The number of rotatable bonds is 2. The molecule has 1 saturated carbocycles. The average Bonchev–Trinajstić information content (AvgIpc) is 2.77. The largest absolute Gasteiger partial charge is 0.399 e. The third kappa shape index (κ3) is 2.87. The molecule has 0 amide bonds. The van der Waals surface area contributed by atoms with Gasteiger partial charge in [0.1, 0.15) is 0 Å². The van der Waals surface area contributed by atoms with Gasteiger partial charge in [-0.1, -0.05) is 30.8 Å². The van der Waals surface area contributed by atoms with Crippen LogP contribution in [0.3, 0.4) is 0 Å². The number of aromatic nitrogens is 2. The van der Waals surface area contributed by atoms with Gasteiger partial charge in [-0.2, -0.15) is 4.98 Å². The number of nitrogens with zero attached hydrogens (tertiary/aromatic N) is 2. The van der Waals surface area contributed by atoms with Crippen molar-refractivity contribution in [1.82, 2.24) is 10.1 Å². The Morgan fingerprint density at radius 1 is 1.15 bits per heavy atom. The molecule has 1 aliphatic rings. The van der Waals surface area contributed by atoms with Gasteiger partial charge in [0.15, 0.2) is 5.82 Å². The predicted octanol–water partition coefficient (Wildman–Crippen LogP) is 4.52. The van der Waals surface area contributed by atoms with Crippen molar-refractivity contribution >= 4 is 21.6 Å². The van der Waals surface area contributed by atoms with Crippen molar-refractivity contribution in [2.45, 2.75) is 44.4 Å². The molecular weight excluding hydrogens is 318 g/mol. The Bertz CT molecular complexity index is 589. The summed E-state index contributed by atoms with van der Waals surface area (Å²) in [6.45, 7) is 0. The normalized spacial score (nSPS) is 17.1. The van der Waals surface area contributed by atoms with Gasteiger partial charge in [-0.25, -0.2) is 0 Å². The standard InChI is InChI=1S/C15H18BrN3O/c16-13-8-7-11(17)9-12(13)15-18-14(19-20-15)10-5-3-1-2-4-6-10/h7-10H,1-6,17H2. The summed E-state index contributed by atoms with van der Waals surface area (Å²) in [5, 5.41) is 4.18. The Labute approximate surface area is 126 Å². The van der Waals surface area contributed by atoms with E-state index >= 15 is 0 Å². The number of hydrogen-bond acceptors (Lipinski definition) is 4. The molecule has 1 heterocycles. The maximum absolute atomic E-state index is 5.82. The molecule has 1 aromatic heterocycles. The van der Waals surface area contributed by atoms with Gasteiger partial charge in [-0.05, 0) is 47.0 Å². The number of benzene rings is 1. The summed E-state index contributed by atoms with van der Waals surface area (Å²) < 4.78 is 6.35. The van der Waals surface area contributed by atoms with Gasteiger partial charge in [-0.3, -0.25) is 0 Å². The van der Waals surface area contributed by atoms with Gasteiger partial charge >= 0.3 is 0 Å². The van der Waals surface area contributed by atoms with E-state index in [0.717, 1.165) is 28.7 Å². The van der Waals surface area contributed by atoms with Crippen molar-refractivity contribution in [2.75, 3.05) is 5.73 Å². The fraction of sp³-hybridized carbons (Fsp3) is 0.467. The molecule has 0 unspecified atom stereocenters. The average molecular weight is 336 g/mol. The molecular formula is C15H18BrN3O. The minimum atomic E-state index is 0.440. The van der Waals surface area contributed by atoms with Crippen LogP contribution in [0.1, 0.15) is 50.3 Å². The molecule has 2 N–H and O–H groups in total. The highest BCUT2D eigenvalue weighted by molar-refractivity contribution is 9.10. The second kappa shape index (κ2) is 5.95. The van der Waals surface area contributed by atoms with E-state index in [9.17, 15) is 0 Å². The van der Waals surface area contributed by atoms with Crippen LogP contribution >= 0.6 is 15.9 Å². The van der Waals surface area contributed by atoms with Crippen molar-refractivity contribution in [1.29, 1.82) is 0 Å². The smallest absolute Gasteiger partial charge is 0.259 e. The summed E-state index contributed by atoms with van der Waals surface area (Å²) >= 11 is 3.50. The van der Waals surface area contributed by atoms with E-state index < -0.39 is 0 Å². The first-order chi connectivity index (χ1) is 9.74. The zero-order valence-corrected chi connectivity index (χ0v) is 12.9. The summed E-state index contributed by atoms with van der Waals surface area (Å²) in [5.74, 6) is 1.83. The monoisotopic (exact) mass is 335 g/mol. The lowest BCUT2D eigenvalue weighted by atomic mass is 10.00. The minimum Gasteiger partial charge on any atom is -0.399 e. The van der Waals surface area contributed by atoms with Gasteiger partial charge in [-0.15, -0.1) is 0 Å². The van der Waals surface area contributed by atoms with E-state index in [-0.39, 0.29) is 0 Å². The fourth-order valence-corrected chi connectivity index (χ4v) is 3.17. The van der Waals surface area contributed by atoms with Crippen LogP contribution in [0.2, 0.25) is 0 Å². The quantitative estimate of drug-likeness (QED) is 0.647. The summed E-state index contributed by atoms with van der Waals surface area (Å²) in [6.07, 6.45) is 7.49. The van der Waals surface area contributed by atoms with E-state index in [0.29, 0.717) is 17.5 Å². The highest BCUT2D eigenvalue weighted by atomic mass is 79.9. The highest BCUT2D eigenvalue weighted by Crippen LogP contribution is 2.33. The Morgan fingerprint density at radius 2 is 1.90 bits per heavy atom. The maximum Gasteiger partial charge on any atom is 0.259 e. The van der Waals surface area contributed by atoms with Gasteiger partial charge in [0, 0.05) is 16.1 Å². The van der Waals surface area contributed by atoms with E-state index in [1.165, 1.54) is 25.7 Å². The molecule has 0 atom stereocenters. The van der Waals surface area contributed by atoms with Crippen LogP contribution < -0.4 is 5.73 Å². The topological polar surface area (TPSA) is 64.9 Å². The number of hydrogen-bond donors (Lipinski definition) is 1. The van der Waals surface area contributed by atoms with Crippen LogP contribution in [0.15, 0.2) is 27.2 Å². The molecule has 1 aromatic carbocycles. The van der Waals surface area contributed by atoms with Crippen LogP contribution in [0.5, 0.6) is 0 Å². The zero-order chi connectivity index (χ0) is 13.9. The van der Waals surface area contributed by atoms with E-state index in [2.05, 4.69) is 26.1 Å². The number of halogens is 1. The Morgan fingerprint density at radius 3 is 2.65 bits per heavy atom. The molecule has 0 aliphatic heterocycles. The molecule has 0 bridgehead atoms. The van der Waals surface area contributed by atoms with Gasteiger partial charge < -0.3 is 10.3 Å². The molecule has 1 fully saturated rings. The molecule has 20 heavy (non-hydrogen) atoms. The Hall–Kier alpha value is -1.36. The number of nitrogen functional groups attached to an aromatic ring is 1. The van der Waals surface area contributed by atoms with Gasteiger partial charge in [0.25, 0.3) is 5.89 Å². The van der Waals surface area contributed by atoms with Gasteiger partial charge in [0.05, 0.1) is 5.56 Å². The lowest BCUT2D eigenvalue weighted by molar-refractivity contribution is 0.410. The fourth-order valence-electron chi connectivity index (χ4n) is 2.75. The van der Waals surface area contributed by atoms with Gasteiger partial charge in [0.2, 0.25) is 0 Å². The van der Waals surface area contributed by atoms with Crippen molar-refractivity contribution in [3.63, 3.8) is 0 Å². The summed E-state index contributed by atoms with van der Waals surface area (Å²) in [7, 11) is 0. The molecule has 0 radical (unpaired) electrons. The van der Waals surface area contributed by atoms with Crippen LogP contribution in [-0.2, 0) is 0 Å². The molecule has 1 aliphatic carbocycles. The van der Waals surface area contributed by atoms with Crippen LogP contribution in [-0.4, -0.2) is 10.1 Å². The third-order valence-electron chi connectivity index (χ3n) is 3.88. The second-order valence-corrected chi connectivity index (χ2v) is 6.24. The van der Waals surface area contributed by atoms with E-state index in [1.807, 2.05) is 18.2 Å². The summed E-state index contributed by atoms with van der Waals surface area (Å²) in [5.41, 5.74) is 7.38. The molecule has 2 aromatic rings. The first kappa shape index (κ1) is 13.6. The molecule has 3 rings (SSSR count). The van der Waals surface area contributed by atoms with Crippen molar-refractivity contribution in [2.24, 2.45) is 0 Å². The number of anilines is 1. The van der Waals surface area contributed by atoms with Crippen molar-refractivity contribution < 1.29 is 4.52 Å². The first-order valence-corrected chi connectivity index (χ1v) is 7.92. The first-order valence-electron chi connectivity index (χ1n) is 7.13. The summed E-state index contributed by atoms with van der Waals surface area (Å²) in [6, 6.07) is 5.60. The summed E-state index contributed by atoms with van der Waals surface area (Å²) in [4.78, 5) is 4.58. The molecule has 106 valence electrons. The molecule has 0 spiro atoms. The Kier molecular flexibility index (Phi) is 4.05. The van der Waals surface area contributed by atoms with Crippen LogP contribution in [0.4, 0.5) is 5.69 Å². The SMILES string of the molecule is Nc1ccc(Br)c(-c2nc(C3CCCCCC3)no2)c1. The lowest BCUT2D eigenvalue weighted by Crippen LogP contribution is -1.99. The second-order valence-electron chi connectivity index (χ2n) is 5.39. The van der Waals surface area contributed by atoms with Crippen LogP contribution in [0, 0.1) is 0 Å². The zero-order valence-electron chi connectivity index (χ0n) is 11.3. The highest BCUT2D eigenvalue weighted by Gasteiger charge is 2.21. The lowest BCUT2D eigenvalue weighted by Gasteiger charge is -2.07. The van der Waals surface area contributed by atoms with E-state index in [1.54, 1.807) is 0 Å². The van der Waals surface area contributed by atoms with Crippen molar-refractivity contribution in [3.05, 3.63) is 28.5 Å². The maximum atomic E-state index is 5.82. The van der Waals surface area contributed by atoms with E-state index in [4.69, 9.17) is 10.3 Å². The van der Waals surface area contributed by atoms with Crippen LogP contribution in [0.25, 0.3) is 11.5 Å².